The molecule has 0 aliphatic heterocycles. The quantitative estimate of drug-likeness (QED) is 0.0988. The van der Waals surface area contributed by atoms with Crippen LogP contribution in [-0.2, 0) is 33.9 Å². The standard InChI is InChI=1S/2C18H15P.3CHO.Ru/c2*1-4-10-16(11-5-1)19(17-12-6-2-7-13-17)18-14-8-3-9-15-18;3*1-2;/h2*1-15H;3*1H;/q;;3*-1;+3/p+2. The maximum absolute atomic E-state index is 7.75. The van der Waals surface area contributed by atoms with E-state index in [0.29, 0.717) is 0 Å². The molecule has 6 heteroatoms. The van der Waals surface area contributed by atoms with Gasteiger partial charge in [-0.25, -0.2) is 0 Å². The largest absolute Gasteiger partial charge is 3.00 e. The van der Waals surface area contributed by atoms with E-state index in [2.05, 4.69) is 202 Å². The normalized spacial score (nSPS) is 9.20. The molecule has 0 saturated carbocycles. The molecule has 6 aromatic rings. The Bertz CT molecular complexity index is 1230. The molecule has 0 aliphatic carbocycles. The van der Waals surface area contributed by atoms with Crippen molar-refractivity contribution in [3.05, 3.63) is 182 Å². The first-order valence-corrected chi connectivity index (χ1v) is 16.7. The summed E-state index contributed by atoms with van der Waals surface area (Å²) in [7, 11) is -1.75. The molecule has 0 amide bonds. The summed E-state index contributed by atoms with van der Waals surface area (Å²) >= 11 is 0. The summed E-state index contributed by atoms with van der Waals surface area (Å²) in [4.78, 5) is 23.2. The van der Waals surface area contributed by atoms with Gasteiger partial charge in [0, 0.05) is 0 Å². The molecule has 0 unspecified atom stereocenters. The average Bonchev–Trinajstić information content (AvgIpc) is 3.14. The minimum Gasteiger partial charge on any atom is -0.545 e. The Hall–Kier alpha value is -4.19. The van der Waals surface area contributed by atoms with E-state index in [1.54, 1.807) is 0 Å². The van der Waals surface area contributed by atoms with Crippen LogP contribution in [0.3, 0.4) is 0 Å². The summed E-state index contributed by atoms with van der Waals surface area (Å²) in [5.41, 5.74) is 0. The zero-order chi connectivity index (χ0) is 31.8. The Kier molecular flexibility index (Phi) is 20.9. The first-order chi connectivity index (χ1) is 21.9. The third-order valence-electron chi connectivity index (χ3n) is 6.37. The number of hydrogen-bond acceptors (Lipinski definition) is 3. The Labute approximate surface area is 282 Å². The van der Waals surface area contributed by atoms with Gasteiger partial charge >= 0.3 is 19.5 Å². The summed E-state index contributed by atoms with van der Waals surface area (Å²) in [6.07, 6.45) is 0. The minimum atomic E-state index is -0.877. The molecule has 0 atom stereocenters. The predicted molar refractivity (Wildman–Crippen MR) is 193 cm³/mol. The number of carbonyl (C=O) groups excluding carboxylic acids is 3. The van der Waals surface area contributed by atoms with Crippen molar-refractivity contribution in [3.8, 4) is 0 Å². The van der Waals surface area contributed by atoms with Crippen molar-refractivity contribution in [3.63, 3.8) is 0 Å². The number of rotatable bonds is 6. The summed E-state index contributed by atoms with van der Waals surface area (Å²) in [6, 6.07) is 65.0. The van der Waals surface area contributed by atoms with Gasteiger partial charge in [-0.1, -0.05) is 109 Å². The van der Waals surface area contributed by atoms with Gasteiger partial charge in [-0.05, 0) is 72.8 Å². The molecule has 0 N–H and O–H groups in total. The van der Waals surface area contributed by atoms with Crippen LogP contribution in [0.15, 0.2) is 182 Å². The van der Waals surface area contributed by atoms with E-state index >= 15 is 0 Å². The molecule has 3 nitrogen and oxygen atoms in total. The third-order valence-corrected chi connectivity index (χ3v) is 11.8. The molecular formula is C39H35O3P2Ru+2. The number of benzene rings is 6. The molecule has 0 spiro atoms. The molecule has 6 aromatic carbocycles. The van der Waals surface area contributed by atoms with E-state index in [0.717, 1.165) is 0 Å². The van der Waals surface area contributed by atoms with Crippen LogP contribution in [0.5, 0.6) is 0 Å². The van der Waals surface area contributed by atoms with Crippen molar-refractivity contribution < 1.29 is 33.9 Å². The molecule has 0 aliphatic rings. The van der Waals surface area contributed by atoms with Crippen molar-refractivity contribution in [2.45, 2.75) is 0 Å². The van der Waals surface area contributed by atoms with E-state index in [1.165, 1.54) is 31.8 Å². The van der Waals surface area contributed by atoms with Crippen LogP contribution in [0.25, 0.3) is 0 Å². The Morgan fingerprint density at radius 3 is 0.467 bits per heavy atom. The van der Waals surface area contributed by atoms with Gasteiger partial charge in [0.05, 0.1) is 15.8 Å². The van der Waals surface area contributed by atoms with Crippen LogP contribution in [0.1, 0.15) is 0 Å². The smallest absolute Gasteiger partial charge is 0.545 e. The molecule has 6 rings (SSSR count). The van der Waals surface area contributed by atoms with Crippen LogP contribution in [-0.4, -0.2) is 20.4 Å². The second-order valence-electron chi connectivity index (χ2n) is 8.95. The van der Waals surface area contributed by atoms with Crippen LogP contribution in [0, 0.1) is 0 Å². The van der Waals surface area contributed by atoms with Gasteiger partial charge in [0.1, 0.15) is 31.8 Å². The Morgan fingerprint density at radius 2 is 0.356 bits per heavy atom. The van der Waals surface area contributed by atoms with Crippen molar-refractivity contribution in [2.24, 2.45) is 0 Å². The Balaban J connectivity index is 0.000000379. The Morgan fingerprint density at radius 1 is 0.244 bits per heavy atom. The SMILES string of the molecule is [CH-]=O.[CH-]=O.[CH-]=O.[Ru+3].c1ccc([PH+](c2ccccc2)c2ccccc2)cc1.c1ccc([PH+](c2ccccc2)c2ccccc2)cc1. The van der Waals surface area contributed by atoms with Gasteiger partial charge in [-0.2, -0.15) is 0 Å². The molecule has 45 heavy (non-hydrogen) atoms. The molecule has 0 heterocycles. The first-order valence-electron chi connectivity index (χ1n) is 13.7. The average molecular weight is 715 g/mol. The van der Waals surface area contributed by atoms with Crippen LogP contribution in [0.4, 0.5) is 0 Å². The van der Waals surface area contributed by atoms with Crippen molar-refractivity contribution in [2.75, 3.05) is 0 Å². The van der Waals surface area contributed by atoms with E-state index in [1.807, 2.05) is 0 Å². The molecule has 0 saturated heterocycles. The minimum absolute atomic E-state index is 0. The molecule has 0 aromatic heterocycles. The van der Waals surface area contributed by atoms with E-state index in [4.69, 9.17) is 14.4 Å². The predicted octanol–water partition coefficient (Wildman–Crippen LogP) is 5.53. The maximum atomic E-state index is 7.75. The zero-order valence-corrected chi connectivity index (χ0v) is 28.4. The monoisotopic (exact) mass is 715 g/mol. The van der Waals surface area contributed by atoms with Gasteiger partial charge in [0.15, 0.2) is 0 Å². The second kappa shape index (κ2) is 24.2. The molecular weight excluding hydrogens is 679 g/mol. The number of hydrogen-bond donors (Lipinski definition) is 0. The third kappa shape index (κ3) is 12.4. The van der Waals surface area contributed by atoms with Crippen molar-refractivity contribution in [1.82, 2.24) is 0 Å². The van der Waals surface area contributed by atoms with Crippen LogP contribution in [0.2, 0.25) is 0 Å². The topological polar surface area (TPSA) is 51.2 Å². The maximum Gasteiger partial charge on any atom is 3.00 e. The zero-order valence-electron chi connectivity index (χ0n) is 24.6. The van der Waals surface area contributed by atoms with Gasteiger partial charge in [-0.15, -0.1) is 0 Å². The molecule has 225 valence electrons. The van der Waals surface area contributed by atoms with Gasteiger partial charge in [-0.3, -0.25) is 20.4 Å². The summed E-state index contributed by atoms with van der Waals surface area (Å²) in [5.74, 6) is 0. The summed E-state index contributed by atoms with van der Waals surface area (Å²) in [5, 5.41) is 8.61. The fraction of sp³-hybridized carbons (Fsp3) is 0. The van der Waals surface area contributed by atoms with Gasteiger partial charge < -0.3 is 14.4 Å². The van der Waals surface area contributed by atoms with Gasteiger partial charge in [0.25, 0.3) is 0 Å². The fourth-order valence-electron chi connectivity index (χ4n) is 4.63. The fourth-order valence-corrected chi connectivity index (χ4v) is 9.78. The molecule has 0 bridgehead atoms. The van der Waals surface area contributed by atoms with E-state index < -0.39 is 15.8 Å². The summed E-state index contributed by atoms with van der Waals surface area (Å²) < 4.78 is 0. The van der Waals surface area contributed by atoms with Crippen LogP contribution < -0.4 is 31.8 Å². The second-order valence-corrected chi connectivity index (χ2v) is 13.9. The van der Waals surface area contributed by atoms with Gasteiger partial charge in [0.2, 0.25) is 0 Å². The van der Waals surface area contributed by atoms with Crippen LogP contribution >= 0.6 is 15.8 Å². The molecule has 1 radical (unpaired) electrons. The first kappa shape index (κ1) is 38.8. The van der Waals surface area contributed by atoms with E-state index in [9.17, 15) is 0 Å². The molecule has 0 fully saturated rings. The van der Waals surface area contributed by atoms with E-state index in [-0.39, 0.29) is 19.5 Å². The van der Waals surface area contributed by atoms with Crippen molar-refractivity contribution >= 4 is 68.0 Å². The summed E-state index contributed by atoms with van der Waals surface area (Å²) in [6.45, 7) is 9.75. The van der Waals surface area contributed by atoms with Crippen molar-refractivity contribution in [1.29, 1.82) is 0 Å².